The van der Waals surface area contributed by atoms with Crippen molar-refractivity contribution in [1.82, 2.24) is 10.2 Å². The number of nitrogens with one attached hydrogen (secondary N) is 1. The van der Waals surface area contributed by atoms with E-state index in [2.05, 4.69) is 5.32 Å². The number of carboxylic acid groups (broad SMARTS) is 1. The zero-order valence-electron chi connectivity index (χ0n) is 20.6. The third-order valence-corrected chi connectivity index (χ3v) is 7.18. The average molecular weight is 518 g/mol. The highest BCUT2D eigenvalue weighted by atomic mass is 32.1. The second kappa shape index (κ2) is 14.0. The molecule has 196 valence electrons. The van der Waals surface area contributed by atoms with Crippen molar-refractivity contribution in [3.8, 4) is 0 Å². The largest absolute Gasteiger partial charge is 0.508 e. The summed E-state index contributed by atoms with van der Waals surface area (Å²) in [5.74, 6) is -0.714. The first-order valence-electron chi connectivity index (χ1n) is 12.4. The summed E-state index contributed by atoms with van der Waals surface area (Å²) in [5, 5.41) is 14.5. The molecule has 2 heterocycles. The SMILES string of the molecule is CCOC(=O)[C@H](CCc1ccccc1)N[C@@H](CCCCN)C(=O)N1CCc2ccsc2[C@@H]1OC(=O)O. The van der Waals surface area contributed by atoms with Gasteiger partial charge in [-0.15, -0.1) is 11.3 Å². The van der Waals surface area contributed by atoms with Crippen molar-refractivity contribution >= 4 is 29.4 Å². The number of carbonyl (C=O) groups is 3. The van der Waals surface area contributed by atoms with Crippen LogP contribution in [0.4, 0.5) is 4.79 Å². The number of nitrogens with zero attached hydrogens (tertiary/aromatic N) is 1. The number of ether oxygens (including phenoxy) is 2. The number of aryl methyl sites for hydroxylation is 1. The Morgan fingerprint density at radius 3 is 2.64 bits per heavy atom. The van der Waals surface area contributed by atoms with Gasteiger partial charge in [-0.3, -0.25) is 14.9 Å². The van der Waals surface area contributed by atoms with Crippen molar-refractivity contribution in [1.29, 1.82) is 0 Å². The van der Waals surface area contributed by atoms with E-state index in [4.69, 9.17) is 15.2 Å². The summed E-state index contributed by atoms with van der Waals surface area (Å²) < 4.78 is 10.5. The molecule has 1 aliphatic rings. The lowest BCUT2D eigenvalue weighted by molar-refractivity contribution is -0.149. The maximum atomic E-state index is 13.8. The molecule has 1 aliphatic heterocycles. The van der Waals surface area contributed by atoms with E-state index in [0.717, 1.165) is 17.5 Å². The molecule has 0 saturated carbocycles. The molecule has 0 bridgehead atoms. The highest BCUT2D eigenvalue weighted by Gasteiger charge is 2.38. The first-order valence-corrected chi connectivity index (χ1v) is 13.3. The van der Waals surface area contributed by atoms with E-state index in [1.165, 1.54) is 16.2 Å². The van der Waals surface area contributed by atoms with Gasteiger partial charge in [0.25, 0.3) is 0 Å². The number of hydrogen-bond donors (Lipinski definition) is 3. The van der Waals surface area contributed by atoms with Crippen molar-refractivity contribution in [2.75, 3.05) is 19.7 Å². The Morgan fingerprint density at radius 2 is 1.94 bits per heavy atom. The Morgan fingerprint density at radius 1 is 1.17 bits per heavy atom. The average Bonchev–Trinajstić information content (AvgIpc) is 3.35. The molecular formula is C26H35N3O6S. The Hall–Kier alpha value is -2.95. The van der Waals surface area contributed by atoms with Crippen LogP contribution in [0.1, 0.15) is 54.8 Å². The predicted octanol–water partition coefficient (Wildman–Crippen LogP) is 3.48. The van der Waals surface area contributed by atoms with Gasteiger partial charge < -0.3 is 25.2 Å². The lowest BCUT2D eigenvalue weighted by Gasteiger charge is -2.37. The summed E-state index contributed by atoms with van der Waals surface area (Å²) in [6.45, 7) is 2.79. The third-order valence-electron chi connectivity index (χ3n) is 6.19. The first-order chi connectivity index (χ1) is 17.4. The molecule has 0 radical (unpaired) electrons. The van der Waals surface area contributed by atoms with Crippen LogP contribution in [-0.2, 0) is 31.9 Å². The number of hydrogen-bond acceptors (Lipinski definition) is 8. The van der Waals surface area contributed by atoms with E-state index in [0.29, 0.717) is 50.1 Å². The number of fused-ring (bicyclic) bond motifs is 1. The van der Waals surface area contributed by atoms with E-state index < -0.39 is 30.4 Å². The minimum Gasteiger partial charge on any atom is -0.465 e. The molecule has 0 aliphatic carbocycles. The van der Waals surface area contributed by atoms with Crippen molar-refractivity contribution < 1.29 is 29.0 Å². The lowest BCUT2D eigenvalue weighted by atomic mass is 10.0. The summed E-state index contributed by atoms with van der Waals surface area (Å²) in [7, 11) is 0. The van der Waals surface area contributed by atoms with Crippen molar-refractivity contribution in [3.05, 3.63) is 57.8 Å². The van der Waals surface area contributed by atoms with Gasteiger partial charge in [-0.2, -0.15) is 0 Å². The number of nitrogens with two attached hydrogens (primary N) is 1. The van der Waals surface area contributed by atoms with Gasteiger partial charge in [0.1, 0.15) is 6.04 Å². The van der Waals surface area contributed by atoms with Crippen LogP contribution in [0.15, 0.2) is 41.8 Å². The smallest absolute Gasteiger partial charge is 0.465 e. The molecule has 10 heteroatoms. The zero-order valence-corrected chi connectivity index (χ0v) is 21.4. The molecule has 4 N–H and O–H groups in total. The molecule has 1 amide bonds. The second-order valence-electron chi connectivity index (χ2n) is 8.66. The van der Waals surface area contributed by atoms with Crippen LogP contribution in [-0.4, -0.2) is 59.8 Å². The van der Waals surface area contributed by atoms with Gasteiger partial charge in [0.05, 0.1) is 17.5 Å². The minimum atomic E-state index is -1.45. The van der Waals surface area contributed by atoms with Gasteiger partial charge in [-0.05, 0) is 68.1 Å². The lowest BCUT2D eigenvalue weighted by Crippen LogP contribution is -2.54. The van der Waals surface area contributed by atoms with Crippen LogP contribution in [0.25, 0.3) is 0 Å². The molecule has 1 aromatic heterocycles. The van der Waals surface area contributed by atoms with Crippen LogP contribution in [0, 0.1) is 0 Å². The quantitative estimate of drug-likeness (QED) is 0.272. The molecule has 3 atom stereocenters. The Balaban J connectivity index is 1.81. The number of rotatable bonds is 13. The van der Waals surface area contributed by atoms with Gasteiger partial charge in [0, 0.05) is 6.54 Å². The van der Waals surface area contributed by atoms with Crippen LogP contribution >= 0.6 is 11.3 Å². The second-order valence-corrected chi connectivity index (χ2v) is 9.61. The number of carbonyl (C=O) groups excluding carboxylic acids is 2. The van der Waals surface area contributed by atoms with Crippen molar-refractivity contribution in [3.63, 3.8) is 0 Å². The van der Waals surface area contributed by atoms with Crippen LogP contribution < -0.4 is 11.1 Å². The van der Waals surface area contributed by atoms with Gasteiger partial charge in [0.2, 0.25) is 12.1 Å². The number of unbranched alkanes of at least 4 members (excludes halogenated alkanes) is 1. The molecule has 9 nitrogen and oxygen atoms in total. The topological polar surface area (TPSA) is 131 Å². The van der Waals surface area contributed by atoms with E-state index >= 15 is 0 Å². The summed E-state index contributed by atoms with van der Waals surface area (Å²) >= 11 is 1.37. The van der Waals surface area contributed by atoms with Crippen molar-refractivity contribution in [2.45, 2.75) is 63.8 Å². The maximum absolute atomic E-state index is 13.8. The highest BCUT2D eigenvalue weighted by Crippen LogP contribution is 2.35. The number of benzene rings is 1. The molecule has 2 aromatic rings. The van der Waals surface area contributed by atoms with Gasteiger partial charge in [-0.25, -0.2) is 4.79 Å². The minimum absolute atomic E-state index is 0.232. The summed E-state index contributed by atoms with van der Waals surface area (Å²) in [6.07, 6.45) is 1.09. The normalized spacial score (nSPS) is 16.6. The van der Waals surface area contributed by atoms with Crippen LogP contribution in [0.5, 0.6) is 0 Å². The molecule has 0 spiro atoms. The molecule has 0 unspecified atom stereocenters. The van der Waals surface area contributed by atoms with Crippen molar-refractivity contribution in [2.24, 2.45) is 5.73 Å². The number of esters is 1. The van der Waals surface area contributed by atoms with E-state index in [-0.39, 0.29) is 12.5 Å². The number of amides is 1. The Kier molecular flexibility index (Phi) is 10.7. The molecule has 0 fully saturated rings. The summed E-state index contributed by atoms with van der Waals surface area (Å²) in [4.78, 5) is 40.3. The predicted molar refractivity (Wildman–Crippen MR) is 137 cm³/mol. The zero-order chi connectivity index (χ0) is 25.9. The highest BCUT2D eigenvalue weighted by molar-refractivity contribution is 7.10. The monoisotopic (exact) mass is 517 g/mol. The third kappa shape index (κ3) is 7.52. The molecular weight excluding hydrogens is 482 g/mol. The standard InChI is InChI=1S/C26H35N3O6S/c1-2-34-25(31)21(12-11-18-8-4-3-5-9-18)28-20(10-6-7-15-27)23(30)29-16-13-19-14-17-36-22(19)24(29)35-26(32)33/h3-5,8-9,14,17,20-21,24,28H,2,6-7,10-13,15-16,27H2,1H3,(H,32,33)/t20-,21-,24-/m0/s1. The fourth-order valence-corrected chi connectivity index (χ4v) is 5.38. The number of thiophene rings is 1. The van der Waals surface area contributed by atoms with Gasteiger partial charge in [-0.1, -0.05) is 36.8 Å². The Labute approximate surface area is 215 Å². The van der Waals surface area contributed by atoms with Crippen LogP contribution in [0.3, 0.4) is 0 Å². The fraction of sp³-hybridized carbons (Fsp3) is 0.500. The Bertz CT molecular complexity index is 999. The van der Waals surface area contributed by atoms with E-state index in [1.807, 2.05) is 41.8 Å². The molecule has 36 heavy (non-hydrogen) atoms. The fourth-order valence-electron chi connectivity index (χ4n) is 4.39. The van der Waals surface area contributed by atoms with Crippen LogP contribution in [0.2, 0.25) is 0 Å². The summed E-state index contributed by atoms with van der Waals surface area (Å²) in [6, 6.07) is 10.3. The molecule has 3 rings (SSSR count). The molecule has 1 aromatic carbocycles. The first kappa shape index (κ1) is 27.6. The summed E-state index contributed by atoms with van der Waals surface area (Å²) in [5.41, 5.74) is 7.74. The van der Waals surface area contributed by atoms with E-state index in [1.54, 1.807) is 6.92 Å². The van der Waals surface area contributed by atoms with Gasteiger partial charge in [0.15, 0.2) is 0 Å². The van der Waals surface area contributed by atoms with E-state index in [9.17, 15) is 19.5 Å². The maximum Gasteiger partial charge on any atom is 0.508 e. The van der Waals surface area contributed by atoms with Gasteiger partial charge >= 0.3 is 12.1 Å². The molecule has 0 saturated heterocycles.